The Morgan fingerprint density at radius 2 is 1.95 bits per heavy atom. The molecule has 1 aromatic rings. The van der Waals surface area contributed by atoms with Gasteiger partial charge in [-0.1, -0.05) is 19.8 Å². The highest BCUT2D eigenvalue weighted by molar-refractivity contribution is 7.99. The average Bonchev–Trinajstić information content (AvgIpc) is 2.53. The van der Waals surface area contributed by atoms with Crippen molar-refractivity contribution in [2.45, 2.75) is 43.5 Å². The van der Waals surface area contributed by atoms with Gasteiger partial charge in [0.1, 0.15) is 5.82 Å². The van der Waals surface area contributed by atoms with Crippen LogP contribution in [0.5, 0.6) is 0 Å². The van der Waals surface area contributed by atoms with Crippen LogP contribution in [0.25, 0.3) is 0 Å². The predicted octanol–water partition coefficient (Wildman–Crippen LogP) is 3.76. The van der Waals surface area contributed by atoms with E-state index in [4.69, 9.17) is 5.73 Å². The molecule has 21 heavy (non-hydrogen) atoms. The summed E-state index contributed by atoms with van der Waals surface area (Å²) in [5.41, 5.74) is 5.95. The van der Waals surface area contributed by atoms with E-state index in [2.05, 4.69) is 11.8 Å². The smallest absolute Gasteiger partial charge is 0.123 e. The van der Waals surface area contributed by atoms with Gasteiger partial charge in [0.05, 0.1) is 0 Å². The molecule has 0 aliphatic heterocycles. The molecule has 2 nitrogen and oxygen atoms in total. The third-order valence-electron chi connectivity index (χ3n) is 4.51. The predicted molar refractivity (Wildman–Crippen MR) is 89.2 cm³/mol. The zero-order valence-corrected chi connectivity index (χ0v) is 13.7. The highest BCUT2D eigenvalue weighted by Gasteiger charge is 2.28. The summed E-state index contributed by atoms with van der Waals surface area (Å²) >= 11 is 1.81. The van der Waals surface area contributed by atoms with Crippen molar-refractivity contribution in [1.82, 2.24) is 4.90 Å². The first-order valence-electron chi connectivity index (χ1n) is 8.07. The average molecular weight is 310 g/mol. The minimum atomic E-state index is -0.164. The van der Waals surface area contributed by atoms with Gasteiger partial charge in [0.2, 0.25) is 0 Å². The van der Waals surface area contributed by atoms with Crippen molar-refractivity contribution < 1.29 is 4.39 Å². The number of benzene rings is 1. The summed E-state index contributed by atoms with van der Waals surface area (Å²) in [6.45, 7) is 5.22. The second-order valence-corrected chi connectivity index (χ2v) is 6.95. The SMILES string of the molecule is CCN(CCSc1ccc(F)cc1)C1CCCCC1CN. The molecule has 1 aliphatic rings. The van der Waals surface area contributed by atoms with Gasteiger partial charge in [-0.3, -0.25) is 4.90 Å². The van der Waals surface area contributed by atoms with Gasteiger partial charge in [-0.25, -0.2) is 4.39 Å². The number of halogens is 1. The van der Waals surface area contributed by atoms with Crippen molar-refractivity contribution >= 4 is 11.8 Å². The fraction of sp³-hybridized carbons (Fsp3) is 0.647. The third-order valence-corrected chi connectivity index (χ3v) is 5.50. The maximum atomic E-state index is 12.9. The molecule has 1 saturated carbocycles. The Bertz CT molecular complexity index is 410. The first-order chi connectivity index (χ1) is 10.2. The van der Waals surface area contributed by atoms with Crippen LogP contribution in [0, 0.1) is 11.7 Å². The number of hydrogen-bond donors (Lipinski definition) is 1. The molecule has 2 rings (SSSR count). The van der Waals surface area contributed by atoms with E-state index >= 15 is 0 Å². The fourth-order valence-electron chi connectivity index (χ4n) is 3.31. The minimum absolute atomic E-state index is 0.164. The van der Waals surface area contributed by atoms with Gasteiger partial charge in [-0.15, -0.1) is 11.8 Å². The Balaban J connectivity index is 1.82. The Labute approximate surface area is 132 Å². The van der Waals surface area contributed by atoms with Gasteiger partial charge in [-0.2, -0.15) is 0 Å². The second-order valence-electron chi connectivity index (χ2n) is 5.78. The van der Waals surface area contributed by atoms with Crippen LogP contribution in [0.2, 0.25) is 0 Å². The maximum absolute atomic E-state index is 12.9. The quantitative estimate of drug-likeness (QED) is 0.778. The molecule has 2 atom stereocenters. The van der Waals surface area contributed by atoms with Crippen LogP contribution in [-0.2, 0) is 0 Å². The van der Waals surface area contributed by atoms with Crippen molar-refractivity contribution in [3.63, 3.8) is 0 Å². The number of rotatable bonds is 7. The first-order valence-corrected chi connectivity index (χ1v) is 9.05. The molecule has 2 unspecified atom stereocenters. The molecule has 0 amide bonds. The van der Waals surface area contributed by atoms with Gasteiger partial charge >= 0.3 is 0 Å². The lowest BCUT2D eigenvalue weighted by Gasteiger charge is -2.39. The normalized spacial score (nSPS) is 22.7. The lowest BCUT2D eigenvalue weighted by Crippen LogP contribution is -2.45. The molecule has 118 valence electrons. The molecule has 0 heterocycles. The van der Waals surface area contributed by atoms with Gasteiger partial charge in [0.15, 0.2) is 0 Å². The fourth-order valence-corrected chi connectivity index (χ4v) is 4.20. The second kappa shape index (κ2) is 8.76. The largest absolute Gasteiger partial charge is 0.330 e. The van der Waals surface area contributed by atoms with E-state index in [-0.39, 0.29) is 5.82 Å². The zero-order valence-electron chi connectivity index (χ0n) is 12.9. The van der Waals surface area contributed by atoms with Gasteiger partial charge < -0.3 is 5.73 Å². The number of thioether (sulfide) groups is 1. The van der Waals surface area contributed by atoms with Crippen LogP contribution in [-0.4, -0.2) is 36.3 Å². The van der Waals surface area contributed by atoms with E-state index in [1.807, 2.05) is 12.1 Å². The van der Waals surface area contributed by atoms with Gasteiger partial charge in [-0.05, 0) is 56.1 Å². The molecular weight excluding hydrogens is 283 g/mol. The van der Waals surface area contributed by atoms with Crippen LogP contribution in [0.3, 0.4) is 0 Å². The molecule has 0 spiro atoms. The molecule has 0 saturated heterocycles. The van der Waals surface area contributed by atoms with Crippen LogP contribution in [0.1, 0.15) is 32.6 Å². The van der Waals surface area contributed by atoms with Crippen molar-refractivity contribution in [3.8, 4) is 0 Å². The molecule has 0 aromatic heterocycles. The molecular formula is C17H27FN2S. The molecule has 1 aliphatic carbocycles. The number of nitrogens with two attached hydrogens (primary N) is 1. The lowest BCUT2D eigenvalue weighted by molar-refractivity contribution is 0.119. The molecule has 2 N–H and O–H groups in total. The Kier molecular flexibility index (Phi) is 7.00. The minimum Gasteiger partial charge on any atom is -0.330 e. The van der Waals surface area contributed by atoms with Crippen LogP contribution in [0.4, 0.5) is 4.39 Å². The maximum Gasteiger partial charge on any atom is 0.123 e. The highest BCUT2D eigenvalue weighted by atomic mass is 32.2. The Morgan fingerprint density at radius 3 is 2.62 bits per heavy atom. The van der Waals surface area contributed by atoms with Crippen molar-refractivity contribution in [1.29, 1.82) is 0 Å². The van der Waals surface area contributed by atoms with Crippen LogP contribution < -0.4 is 5.73 Å². The summed E-state index contributed by atoms with van der Waals surface area (Å²) in [4.78, 5) is 3.74. The molecule has 1 aromatic carbocycles. The van der Waals surface area contributed by atoms with E-state index < -0.39 is 0 Å². The topological polar surface area (TPSA) is 29.3 Å². The molecule has 1 fully saturated rings. The first kappa shape index (κ1) is 16.8. The number of nitrogens with zero attached hydrogens (tertiary/aromatic N) is 1. The van der Waals surface area contributed by atoms with E-state index in [1.165, 1.54) is 37.8 Å². The van der Waals surface area contributed by atoms with E-state index in [0.717, 1.165) is 30.3 Å². The number of hydrogen-bond acceptors (Lipinski definition) is 3. The van der Waals surface area contributed by atoms with Crippen LogP contribution in [0.15, 0.2) is 29.2 Å². The summed E-state index contributed by atoms with van der Waals surface area (Å²) in [6.07, 6.45) is 5.24. The summed E-state index contributed by atoms with van der Waals surface area (Å²) in [6, 6.07) is 7.44. The molecule has 4 heteroatoms. The van der Waals surface area contributed by atoms with E-state index in [0.29, 0.717) is 12.0 Å². The highest BCUT2D eigenvalue weighted by Crippen LogP contribution is 2.28. The Morgan fingerprint density at radius 1 is 1.24 bits per heavy atom. The summed E-state index contributed by atoms with van der Waals surface area (Å²) in [7, 11) is 0. The molecule has 0 bridgehead atoms. The van der Waals surface area contributed by atoms with Crippen molar-refractivity contribution in [2.75, 3.05) is 25.4 Å². The van der Waals surface area contributed by atoms with Crippen molar-refractivity contribution in [2.24, 2.45) is 11.7 Å². The van der Waals surface area contributed by atoms with Crippen LogP contribution >= 0.6 is 11.8 Å². The summed E-state index contributed by atoms with van der Waals surface area (Å²) in [5, 5.41) is 0. The third kappa shape index (κ3) is 4.97. The monoisotopic (exact) mass is 310 g/mol. The van der Waals surface area contributed by atoms with Crippen molar-refractivity contribution in [3.05, 3.63) is 30.1 Å². The lowest BCUT2D eigenvalue weighted by atomic mass is 9.83. The van der Waals surface area contributed by atoms with Gasteiger partial charge in [0.25, 0.3) is 0 Å². The molecule has 0 radical (unpaired) electrons. The van der Waals surface area contributed by atoms with E-state index in [9.17, 15) is 4.39 Å². The Hall–Kier alpha value is -0.580. The zero-order chi connectivity index (χ0) is 15.1. The summed E-state index contributed by atoms with van der Waals surface area (Å²) in [5.74, 6) is 1.55. The van der Waals surface area contributed by atoms with E-state index in [1.54, 1.807) is 11.8 Å². The summed E-state index contributed by atoms with van der Waals surface area (Å²) < 4.78 is 12.9. The van der Waals surface area contributed by atoms with Gasteiger partial charge in [0, 0.05) is 23.2 Å². The standard InChI is InChI=1S/C17H27FN2S/c1-2-20(17-6-4-3-5-14(17)13-19)11-12-21-16-9-7-15(18)8-10-16/h7-10,14,17H,2-6,11-13,19H2,1H3.